The molecule has 7 heteroatoms. The minimum absolute atomic E-state index is 0.000846. The number of nitro groups is 1. The molecule has 0 aliphatic heterocycles. The summed E-state index contributed by atoms with van der Waals surface area (Å²) < 4.78 is 5.55. The van der Waals surface area contributed by atoms with E-state index in [1.807, 2.05) is 18.2 Å². The van der Waals surface area contributed by atoms with Crippen molar-refractivity contribution in [3.8, 4) is 0 Å². The Kier molecular flexibility index (Phi) is 4.89. The number of rotatable bonds is 5. The minimum atomic E-state index is -0.464. The Morgan fingerprint density at radius 3 is 2.69 bits per heavy atom. The van der Waals surface area contributed by atoms with E-state index < -0.39 is 10.8 Å². The van der Waals surface area contributed by atoms with Gasteiger partial charge in [0.2, 0.25) is 0 Å². The lowest BCUT2D eigenvalue weighted by Crippen LogP contribution is -2.17. The molecule has 1 aromatic heterocycles. The molecule has 2 aromatic carbocycles. The van der Waals surface area contributed by atoms with E-state index in [0.29, 0.717) is 11.1 Å². The third-order valence-electron chi connectivity index (χ3n) is 3.79. The number of hydrazone groups is 1. The van der Waals surface area contributed by atoms with Gasteiger partial charge in [0.15, 0.2) is 5.76 Å². The zero-order chi connectivity index (χ0) is 18.5. The van der Waals surface area contributed by atoms with E-state index in [1.54, 1.807) is 37.3 Å². The third kappa shape index (κ3) is 3.51. The van der Waals surface area contributed by atoms with Crippen LogP contribution in [0.15, 0.2) is 64.1 Å². The van der Waals surface area contributed by atoms with Crippen molar-refractivity contribution < 1.29 is 14.1 Å². The Labute approximate surface area is 148 Å². The van der Waals surface area contributed by atoms with E-state index in [0.717, 1.165) is 10.9 Å². The molecule has 7 nitrogen and oxygen atoms in total. The van der Waals surface area contributed by atoms with Gasteiger partial charge >= 0.3 is 5.91 Å². The van der Waals surface area contributed by atoms with Gasteiger partial charge in [-0.25, -0.2) is 5.43 Å². The molecule has 26 heavy (non-hydrogen) atoms. The van der Waals surface area contributed by atoms with Crippen LogP contribution in [0.4, 0.5) is 5.69 Å². The summed E-state index contributed by atoms with van der Waals surface area (Å²) in [6.45, 7) is 1.80. The van der Waals surface area contributed by atoms with Crippen LogP contribution in [0, 0.1) is 17.0 Å². The molecule has 0 aliphatic rings. The molecular weight excluding hydrogens is 334 g/mol. The highest BCUT2D eigenvalue weighted by atomic mass is 16.6. The number of fused-ring (bicyclic) bond motifs is 1. The summed E-state index contributed by atoms with van der Waals surface area (Å²) in [5.74, 6) is -0.264. The predicted octanol–water partition coefficient (Wildman–Crippen LogP) is 4.08. The van der Waals surface area contributed by atoms with Gasteiger partial charge in [-0.1, -0.05) is 30.3 Å². The Bertz CT molecular complexity index is 1030. The van der Waals surface area contributed by atoms with Gasteiger partial charge in [0.1, 0.15) is 5.58 Å². The molecule has 1 N–H and O–H groups in total. The standard InChI is InChI=1S/C19H15N3O4/c1-13-15-9-3-5-11-17(15)26-18(13)19(23)21-20-12-6-8-14-7-2-4-10-16(14)22(24)25/h2-12H,1H3,(H,21,23)/b8-6+,20-12+. The molecule has 0 unspecified atom stereocenters. The van der Waals surface area contributed by atoms with E-state index in [2.05, 4.69) is 10.5 Å². The van der Waals surface area contributed by atoms with E-state index >= 15 is 0 Å². The number of furan rings is 1. The number of carbonyl (C=O) groups is 1. The number of nitrogens with zero attached hydrogens (tertiary/aromatic N) is 2. The van der Waals surface area contributed by atoms with Crippen molar-refractivity contribution in [3.05, 3.63) is 81.6 Å². The number of hydrogen-bond acceptors (Lipinski definition) is 5. The van der Waals surface area contributed by atoms with Crippen LogP contribution in [0.5, 0.6) is 0 Å². The Morgan fingerprint density at radius 1 is 1.19 bits per heavy atom. The molecule has 0 aliphatic carbocycles. The largest absolute Gasteiger partial charge is 0.451 e. The lowest BCUT2D eigenvalue weighted by Gasteiger charge is -1.96. The van der Waals surface area contributed by atoms with Crippen molar-refractivity contribution in [1.29, 1.82) is 0 Å². The maximum absolute atomic E-state index is 12.2. The first-order valence-corrected chi connectivity index (χ1v) is 7.79. The summed E-state index contributed by atoms with van der Waals surface area (Å²) in [4.78, 5) is 22.7. The number of para-hydroxylation sites is 2. The summed E-state index contributed by atoms with van der Waals surface area (Å²) in [5, 5.41) is 15.6. The molecule has 0 atom stereocenters. The van der Waals surface area contributed by atoms with E-state index in [1.165, 1.54) is 18.4 Å². The molecule has 1 amide bonds. The zero-order valence-electron chi connectivity index (χ0n) is 13.9. The maximum Gasteiger partial charge on any atom is 0.307 e. The van der Waals surface area contributed by atoms with Crippen molar-refractivity contribution in [1.82, 2.24) is 5.43 Å². The van der Waals surface area contributed by atoms with Crippen LogP contribution in [-0.4, -0.2) is 17.0 Å². The highest BCUT2D eigenvalue weighted by molar-refractivity contribution is 5.99. The molecule has 0 fully saturated rings. The molecule has 0 spiro atoms. The van der Waals surface area contributed by atoms with Crippen LogP contribution < -0.4 is 5.43 Å². The highest BCUT2D eigenvalue weighted by Gasteiger charge is 2.16. The molecule has 130 valence electrons. The van der Waals surface area contributed by atoms with Gasteiger partial charge in [-0.3, -0.25) is 14.9 Å². The molecule has 0 radical (unpaired) electrons. The van der Waals surface area contributed by atoms with Gasteiger partial charge in [-0.15, -0.1) is 0 Å². The molecule has 0 saturated carbocycles. The summed E-state index contributed by atoms with van der Waals surface area (Å²) in [5.41, 5.74) is 4.20. The number of aryl methyl sites for hydroxylation is 1. The van der Waals surface area contributed by atoms with Crippen molar-refractivity contribution in [3.63, 3.8) is 0 Å². The average molecular weight is 349 g/mol. The second-order valence-electron chi connectivity index (χ2n) is 5.45. The van der Waals surface area contributed by atoms with Crippen molar-refractivity contribution >= 4 is 34.9 Å². The Hall–Kier alpha value is -3.74. The first-order valence-electron chi connectivity index (χ1n) is 7.79. The van der Waals surface area contributed by atoms with Crippen LogP contribution in [0.3, 0.4) is 0 Å². The van der Waals surface area contributed by atoms with Crippen molar-refractivity contribution in [2.45, 2.75) is 6.92 Å². The second kappa shape index (κ2) is 7.43. The number of amides is 1. The first-order chi connectivity index (χ1) is 12.6. The van der Waals surface area contributed by atoms with Gasteiger partial charge in [0, 0.05) is 23.2 Å². The van der Waals surface area contributed by atoms with Crippen molar-refractivity contribution in [2.75, 3.05) is 0 Å². The fraction of sp³-hybridized carbons (Fsp3) is 0.0526. The van der Waals surface area contributed by atoms with Crippen LogP contribution in [0.25, 0.3) is 17.0 Å². The SMILES string of the molecule is Cc1c(C(=O)N/N=C/C=C/c2ccccc2[N+](=O)[O-])oc2ccccc12. The Balaban J connectivity index is 1.68. The van der Waals surface area contributed by atoms with Gasteiger partial charge in [-0.2, -0.15) is 5.10 Å². The third-order valence-corrected chi connectivity index (χ3v) is 3.79. The fourth-order valence-electron chi connectivity index (χ4n) is 2.52. The Morgan fingerprint density at radius 2 is 1.92 bits per heavy atom. The average Bonchev–Trinajstić information content (AvgIpc) is 2.99. The smallest absolute Gasteiger partial charge is 0.307 e. The molecule has 0 bridgehead atoms. The number of nitrogens with one attached hydrogen (secondary N) is 1. The topological polar surface area (TPSA) is 97.7 Å². The number of allylic oxidation sites excluding steroid dienone is 1. The predicted molar refractivity (Wildman–Crippen MR) is 99.0 cm³/mol. The summed E-state index contributed by atoms with van der Waals surface area (Å²) >= 11 is 0. The van der Waals surface area contributed by atoms with E-state index in [-0.39, 0.29) is 11.4 Å². The summed E-state index contributed by atoms with van der Waals surface area (Å²) in [6, 6.07) is 13.7. The van der Waals surface area contributed by atoms with Gasteiger partial charge in [-0.05, 0) is 31.2 Å². The fourth-order valence-corrected chi connectivity index (χ4v) is 2.52. The quantitative estimate of drug-likeness (QED) is 0.426. The summed E-state index contributed by atoms with van der Waals surface area (Å²) in [6.07, 6.45) is 4.39. The number of hydrogen-bond donors (Lipinski definition) is 1. The van der Waals surface area contributed by atoms with Gasteiger partial charge in [0.05, 0.1) is 10.5 Å². The molecule has 3 aromatic rings. The van der Waals surface area contributed by atoms with Crippen LogP contribution in [0.2, 0.25) is 0 Å². The lowest BCUT2D eigenvalue weighted by molar-refractivity contribution is -0.385. The van der Waals surface area contributed by atoms with Gasteiger partial charge < -0.3 is 4.42 Å². The normalized spacial score (nSPS) is 11.4. The van der Waals surface area contributed by atoms with Gasteiger partial charge in [0.25, 0.3) is 5.69 Å². The maximum atomic E-state index is 12.2. The first kappa shape index (κ1) is 17.1. The highest BCUT2D eigenvalue weighted by Crippen LogP contribution is 2.24. The second-order valence-corrected chi connectivity index (χ2v) is 5.45. The van der Waals surface area contributed by atoms with Crippen LogP contribution in [0.1, 0.15) is 21.7 Å². The lowest BCUT2D eigenvalue weighted by atomic mass is 10.1. The summed E-state index contributed by atoms with van der Waals surface area (Å²) in [7, 11) is 0. The molecular formula is C19H15N3O4. The monoisotopic (exact) mass is 349 g/mol. The van der Waals surface area contributed by atoms with Crippen LogP contribution in [-0.2, 0) is 0 Å². The van der Waals surface area contributed by atoms with Crippen LogP contribution >= 0.6 is 0 Å². The molecule has 3 rings (SSSR count). The van der Waals surface area contributed by atoms with Crippen molar-refractivity contribution in [2.24, 2.45) is 5.10 Å². The number of carbonyl (C=O) groups excluding carboxylic acids is 1. The minimum Gasteiger partial charge on any atom is -0.451 e. The van der Waals surface area contributed by atoms with E-state index in [9.17, 15) is 14.9 Å². The number of benzene rings is 2. The zero-order valence-corrected chi connectivity index (χ0v) is 13.9. The molecule has 1 heterocycles. The van der Waals surface area contributed by atoms with E-state index in [4.69, 9.17) is 4.42 Å². The number of nitro benzene ring substituents is 1. The molecule has 0 saturated heterocycles.